The molecule has 0 aliphatic rings. The van der Waals surface area contributed by atoms with Gasteiger partial charge in [0.15, 0.2) is 0 Å². The molecule has 4 heteroatoms. The number of nitrogens with zero attached hydrogens (tertiary/aromatic N) is 2. The predicted octanol–water partition coefficient (Wildman–Crippen LogP) is 3.39. The minimum absolute atomic E-state index is 0.549. The highest BCUT2D eigenvalue weighted by molar-refractivity contribution is 6.43. The first-order valence-corrected chi connectivity index (χ1v) is 4.86. The Morgan fingerprint density at radius 3 is 2.71 bits per heavy atom. The molecule has 0 saturated heterocycles. The number of imidazole rings is 1. The second kappa shape index (κ2) is 3.64. The molecule has 0 bridgehead atoms. The molecule has 0 radical (unpaired) electrons. The molecule has 0 aliphatic carbocycles. The van der Waals surface area contributed by atoms with Gasteiger partial charge in [0.25, 0.3) is 0 Å². The maximum Gasteiger partial charge on any atom is 0.0951 e. The van der Waals surface area contributed by atoms with Crippen molar-refractivity contribution in [3.63, 3.8) is 0 Å². The minimum atomic E-state index is 0.549. The Morgan fingerprint density at radius 1 is 1.29 bits per heavy atom. The largest absolute Gasteiger partial charge is 0.340 e. The van der Waals surface area contributed by atoms with Crippen LogP contribution >= 0.6 is 23.2 Å². The number of benzene rings is 1. The highest BCUT2D eigenvalue weighted by atomic mass is 35.5. The number of aromatic nitrogens is 2. The lowest BCUT2D eigenvalue weighted by Gasteiger charge is -2.01. The first-order valence-electron chi connectivity index (χ1n) is 4.11. The Morgan fingerprint density at radius 2 is 2.07 bits per heavy atom. The van der Waals surface area contributed by atoms with Gasteiger partial charge in [-0.05, 0) is 6.07 Å². The summed E-state index contributed by atoms with van der Waals surface area (Å²) in [5.41, 5.74) is 1.69. The van der Waals surface area contributed by atoms with Crippen molar-refractivity contribution in [3.05, 3.63) is 40.8 Å². The highest BCUT2D eigenvalue weighted by Gasteiger charge is 2.08. The van der Waals surface area contributed by atoms with Crippen LogP contribution in [0.2, 0.25) is 10.0 Å². The second-order valence-electron chi connectivity index (χ2n) is 3.03. The van der Waals surface area contributed by atoms with E-state index in [0.717, 1.165) is 11.3 Å². The summed E-state index contributed by atoms with van der Waals surface area (Å²) in [6.45, 7) is 0. The second-order valence-corrected chi connectivity index (χ2v) is 3.81. The van der Waals surface area contributed by atoms with Crippen LogP contribution in [0.15, 0.2) is 30.7 Å². The van der Waals surface area contributed by atoms with Crippen molar-refractivity contribution in [2.45, 2.75) is 0 Å². The van der Waals surface area contributed by atoms with E-state index in [1.165, 1.54) is 0 Å². The first kappa shape index (κ1) is 9.56. The van der Waals surface area contributed by atoms with Crippen LogP contribution in [-0.2, 0) is 7.05 Å². The standard InChI is InChI=1S/C10H8Cl2N2/c1-14-5-9(13-6-14)7-3-2-4-8(11)10(7)12/h2-6H,1H3. The topological polar surface area (TPSA) is 17.8 Å². The van der Waals surface area contributed by atoms with Crippen LogP contribution in [0, 0.1) is 0 Å². The molecule has 2 rings (SSSR count). The Labute approximate surface area is 92.1 Å². The van der Waals surface area contributed by atoms with Gasteiger partial charge in [-0.2, -0.15) is 0 Å². The fraction of sp³-hybridized carbons (Fsp3) is 0.100. The molecule has 0 saturated carbocycles. The van der Waals surface area contributed by atoms with Crippen LogP contribution in [0.3, 0.4) is 0 Å². The zero-order valence-electron chi connectivity index (χ0n) is 7.54. The predicted molar refractivity (Wildman–Crippen MR) is 58.7 cm³/mol. The van der Waals surface area contributed by atoms with Gasteiger partial charge < -0.3 is 4.57 Å². The lowest BCUT2D eigenvalue weighted by atomic mass is 10.2. The van der Waals surface area contributed by atoms with E-state index in [0.29, 0.717) is 10.0 Å². The number of aryl methyl sites for hydroxylation is 1. The van der Waals surface area contributed by atoms with E-state index in [1.807, 2.05) is 29.9 Å². The van der Waals surface area contributed by atoms with Gasteiger partial charge in [-0.1, -0.05) is 35.3 Å². The molecule has 0 unspecified atom stereocenters. The third-order valence-corrected chi connectivity index (χ3v) is 2.75. The van der Waals surface area contributed by atoms with Crippen LogP contribution in [0.4, 0.5) is 0 Å². The van der Waals surface area contributed by atoms with E-state index < -0.39 is 0 Å². The molecule has 0 amide bonds. The monoisotopic (exact) mass is 226 g/mol. The quantitative estimate of drug-likeness (QED) is 0.730. The molecular weight excluding hydrogens is 219 g/mol. The average molecular weight is 227 g/mol. The summed E-state index contributed by atoms with van der Waals surface area (Å²) in [6.07, 6.45) is 3.63. The van der Waals surface area contributed by atoms with Crippen molar-refractivity contribution < 1.29 is 0 Å². The minimum Gasteiger partial charge on any atom is -0.340 e. The van der Waals surface area contributed by atoms with E-state index in [-0.39, 0.29) is 0 Å². The lowest BCUT2D eigenvalue weighted by Crippen LogP contribution is -1.80. The lowest BCUT2D eigenvalue weighted by molar-refractivity contribution is 0.913. The summed E-state index contributed by atoms with van der Waals surface area (Å²) < 4.78 is 1.87. The van der Waals surface area contributed by atoms with Crippen LogP contribution in [-0.4, -0.2) is 9.55 Å². The molecule has 0 aliphatic heterocycles. The van der Waals surface area contributed by atoms with Crippen molar-refractivity contribution in [1.82, 2.24) is 9.55 Å². The zero-order chi connectivity index (χ0) is 10.1. The summed E-state index contributed by atoms with van der Waals surface area (Å²) in [4.78, 5) is 4.21. The van der Waals surface area contributed by atoms with Gasteiger partial charge in [-0.15, -0.1) is 0 Å². The summed E-state index contributed by atoms with van der Waals surface area (Å²) in [7, 11) is 1.91. The van der Waals surface area contributed by atoms with Crippen molar-refractivity contribution in [2.75, 3.05) is 0 Å². The molecule has 0 atom stereocenters. The maximum atomic E-state index is 6.06. The number of rotatable bonds is 1. The van der Waals surface area contributed by atoms with Crippen molar-refractivity contribution in [2.24, 2.45) is 7.05 Å². The summed E-state index contributed by atoms with van der Waals surface area (Å²) in [5.74, 6) is 0. The van der Waals surface area contributed by atoms with Gasteiger partial charge in [-0.25, -0.2) is 4.98 Å². The SMILES string of the molecule is Cn1cnc(-c2cccc(Cl)c2Cl)c1. The summed E-state index contributed by atoms with van der Waals surface area (Å²) in [6, 6.07) is 5.52. The van der Waals surface area contributed by atoms with Gasteiger partial charge in [0.05, 0.1) is 22.1 Å². The summed E-state index contributed by atoms with van der Waals surface area (Å²) >= 11 is 12.0. The number of hydrogen-bond donors (Lipinski definition) is 0. The fourth-order valence-electron chi connectivity index (χ4n) is 1.25. The molecule has 2 aromatic rings. The first-order chi connectivity index (χ1) is 6.68. The van der Waals surface area contributed by atoms with Crippen LogP contribution < -0.4 is 0 Å². The third-order valence-electron chi connectivity index (χ3n) is 1.93. The van der Waals surface area contributed by atoms with Gasteiger partial charge in [0, 0.05) is 18.8 Å². The molecule has 14 heavy (non-hydrogen) atoms. The van der Waals surface area contributed by atoms with Crippen molar-refractivity contribution >= 4 is 23.2 Å². The molecule has 0 fully saturated rings. The Hall–Kier alpha value is -0.990. The number of hydrogen-bond acceptors (Lipinski definition) is 1. The smallest absolute Gasteiger partial charge is 0.0951 e. The number of halogens is 2. The molecule has 1 aromatic heterocycles. The Balaban J connectivity index is 2.57. The average Bonchev–Trinajstić information content (AvgIpc) is 2.57. The van der Waals surface area contributed by atoms with E-state index in [1.54, 1.807) is 12.4 Å². The van der Waals surface area contributed by atoms with Crippen LogP contribution in [0.1, 0.15) is 0 Å². The van der Waals surface area contributed by atoms with E-state index in [2.05, 4.69) is 4.98 Å². The van der Waals surface area contributed by atoms with Gasteiger partial charge >= 0.3 is 0 Å². The highest BCUT2D eigenvalue weighted by Crippen LogP contribution is 2.32. The fourth-order valence-corrected chi connectivity index (χ4v) is 1.65. The van der Waals surface area contributed by atoms with Gasteiger partial charge in [0.1, 0.15) is 0 Å². The molecule has 72 valence electrons. The molecule has 1 heterocycles. The van der Waals surface area contributed by atoms with Crippen LogP contribution in [0.5, 0.6) is 0 Å². The van der Waals surface area contributed by atoms with Crippen molar-refractivity contribution in [1.29, 1.82) is 0 Å². The van der Waals surface area contributed by atoms with E-state index in [9.17, 15) is 0 Å². The molecule has 2 nitrogen and oxygen atoms in total. The Bertz CT molecular complexity index is 463. The third kappa shape index (κ3) is 1.63. The van der Waals surface area contributed by atoms with E-state index >= 15 is 0 Å². The van der Waals surface area contributed by atoms with Crippen molar-refractivity contribution in [3.8, 4) is 11.3 Å². The maximum absolute atomic E-state index is 6.06. The van der Waals surface area contributed by atoms with Gasteiger partial charge in [-0.3, -0.25) is 0 Å². The molecule has 1 aromatic carbocycles. The molecular formula is C10H8Cl2N2. The molecule has 0 N–H and O–H groups in total. The summed E-state index contributed by atoms with van der Waals surface area (Å²) in [5, 5.41) is 1.10. The zero-order valence-corrected chi connectivity index (χ0v) is 9.05. The van der Waals surface area contributed by atoms with Gasteiger partial charge in [0.2, 0.25) is 0 Å². The van der Waals surface area contributed by atoms with E-state index in [4.69, 9.17) is 23.2 Å². The Kier molecular flexibility index (Phi) is 2.48. The molecule has 0 spiro atoms. The normalized spacial score (nSPS) is 10.5. The van der Waals surface area contributed by atoms with Crippen LogP contribution in [0.25, 0.3) is 11.3 Å².